The lowest BCUT2D eigenvalue weighted by atomic mass is 9.68. The second kappa shape index (κ2) is 3.86. The Kier molecular flexibility index (Phi) is 2.57. The SMILES string of the molecule is CC1=C(C)C[C@@]23CCCN2C(=O)CCC[C@H]3C1. The van der Waals surface area contributed by atoms with Crippen LogP contribution in [0.3, 0.4) is 0 Å². The van der Waals surface area contributed by atoms with Crippen LogP contribution in [-0.2, 0) is 4.79 Å². The third kappa shape index (κ3) is 1.56. The van der Waals surface area contributed by atoms with E-state index in [4.69, 9.17) is 0 Å². The summed E-state index contributed by atoms with van der Waals surface area (Å²) in [5, 5.41) is 0. The first-order valence-corrected chi connectivity index (χ1v) is 7.09. The van der Waals surface area contributed by atoms with Crippen LogP contribution < -0.4 is 0 Å². The van der Waals surface area contributed by atoms with E-state index in [1.807, 2.05) is 0 Å². The van der Waals surface area contributed by atoms with Gasteiger partial charge >= 0.3 is 0 Å². The van der Waals surface area contributed by atoms with E-state index >= 15 is 0 Å². The number of allylic oxidation sites excluding steroid dienone is 1. The Morgan fingerprint density at radius 3 is 2.88 bits per heavy atom. The molecule has 0 aromatic carbocycles. The zero-order chi connectivity index (χ0) is 12.0. The fraction of sp³-hybridized carbons (Fsp3) is 0.800. The molecule has 17 heavy (non-hydrogen) atoms. The molecule has 0 N–H and O–H groups in total. The fourth-order valence-electron chi connectivity index (χ4n) is 4.38. The van der Waals surface area contributed by atoms with Crippen molar-refractivity contribution in [3.8, 4) is 0 Å². The van der Waals surface area contributed by atoms with Crippen molar-refractivity contribution in [3.05, 3.63) is 11.1 Å². The minimum atomic E-state index is 0.219. The third-order valence-corrected chi connectivity index (χ3v) is 5.39. The van der Waals surface area contributed by atoms with Crippen LogP contribution in [0.4, 0.5) is 0 Å². The molecular formula is C15H23NO. The highest BCUT2D eigenvalue weighted by molar-refractivity contribution is 5.78. The van der Waals surface area contributed by atoms with E-state index in [1.165, 1.54) is 25.7 Å². The Hall–Kier alpha value is -0.790. The summed E-state index contributed by atoms with van der Waals surface area (Å²) in [6.45, 7) is 5.57. The molecule has 0 saturated carbocycles. The molecule has 2 heterocycles. The Labute approximate surface area is 104 Å². The van der Waals surface area contributed by atoms with Crippen LogP contribution >= 0.6 is 0 Å². The summed E-state index contributed by atoms with van der Waals surface area (Å²) in [6.07, 6.45) is 7.99. The summed E-state index contributed by atoms with van der Waals surface area (Å²) >= 11 is 0. The molecular weight excluding hydrogens is 210 g/mol. The standard InChI is InChI=1S/C15H23NO/c1-11-9-13-5-3-6-14(17)16-8-4-7-15(13,16)10-12(11)2/h13H,3-10H2,1-2H3/t13-,15+/m0/s1. The van der Waals surface area contributed by atoms with Gasteiger partial charge in [-0.3, -0.25) is 4.79 Å². The number of carbonyl (C=O) groups is 1. The van der Waals surface area contributed by atoms with E-state index in [0.717, 1.165) is 31.7 Å². The molecule has 2 aliphatic heterocycles. The van der Waals surface area contributed by atoms with E-state index < -0.39 is 0 Å². The molecule has 0 radical (unpaired) electrons. The lowest BCUT2D eigenvalue weighted by Gasteiger charge is -2.47. The van der Waals surface area contributed by atoms with Crippen molar-refractivity contribution in [2.24, 2.45) is 5.92 Å². The summed E-state index contributed by atoms with van der Waals surface area (Å²) in [5.74, 6) is 1.16. The molecule has 1 aliphatic carbocycles. The topological polar surface area (TPSA) is 20.3 Å². The molecule has 2 fully saturated rings. The van der Waals surface area contributed by atoms with Crippen LogP contribution in [0.1, 0.15) is 58.8 Å². The maximum atomic E-state index is 12.2. The highest BCUT2D eigenvalue weighted by Gasteiger charge is 2.51. The quantitative estimate of drug-likeness (QED) is 0.588. The molecule has 1 spiro atoms. The van der Waals surface area contributed by atoms with Crippen LogP contribution in [0, 0.1) is 5.92 Å². The van der Waals surface area contributed by atoms with Crippen molar-refractivity contribution in [2.45, 2.75) is 64.3 Å². The third-order valence-electron chi connectivity index (χ3n) is 5.39. The van der Waals surface area contributed by atoms with Crippen molar-refractivity contribution in [2.75, 3.05) is 6.54 Å². The largest absolute Gasteiger partial charge is 0.336 e. The predicted molar refractivity (Wildman–Crippen MR) is 68.6 cm³/mol. The first-order valence-electron chi connectivity index (χ1n) is 7.09. The molecule has 3 aliphatic rings. The molecule has 94 valence electrons. The van der Waals surface area contributed by atoms with Gasteiger partial charge in [0.25, 0.3) is 0 Å². The average molecular weight is 233 g/mol. The molecule has 2 saturated heterocycles. The van der Waals surface area contributed by atoms with Gasteiger partial charge in [0.1, 0.15) is 0 Å². The Morgan fingerprint density at radius 2 is 2.06 bits per heavy atom. The number of hydrogen-bond acceptors (Lipinski definition) is 1. The summed E-state index contributed by atoms with van der Waals surface area (Å²) in [6, 6.07) is 0. The molecule has 0 aromatic heterocycles. The van der Waals surface area contributed by atoms with Gasteiger partial charge in [-0.05, 0) is 58.3 Å². The fourth-order valence-corrected chi connectivity index (χ4v) is 4.38. The van der Waals surface area contributed by atoms with E-state index in [1.54, 1.807) is 11.1 Å². The molecule has 0 aromatic rings. The summed E-state index contributed by atoms with van der Waals surface area (Å²) in [7, 11) is 0. The van der Waals surface area contributed by atoms with Gasteiger partial charge in [0, 0.05) is 18.5 Å². The first-order chi connectivity index (χ1) is 8.13. The second-order valence-electron chi connectivity index (χ2n) is 6.28. The number of rotatable bonds is 0. The summed E-state index contributed by atoms with van der Waals surface area (Å²) in [5.41, 5.74) is 3.35. The van der Waals surface area contributed by atoms with Crippen molar-refractivity contribution in [1.82, 2.24) is 4.90 Å². The van der Waals surface area contributed by atoms with E-state index in [0.29, 0.717) is 5.91 Å². The van der Waals surface area contributed by atoms with E-state index in [2.05, 4.69) is 18.7 Å². The normalized spacial score (nSPS) is 37.9. The number of amides is 1. The maximum Gasteiger partial charge on any atom is 0.223 e. The summed E-state index contributed by atoms with van der Waals surface area (Å²) in [4.78, 5) is 14.5. The molecule has 0 bridgehead atoms. The molecule has 3 rings (SSSR count). The first kappa shape index (κ1) is 11.3. The summed E-state index contributed by atoms with van der Waals surface area (Å²) < 4.78 is 0. The minimum absolute atomic E-state index is 0.219. The second-order valence-corrected chi connectivity index (χ2v) is 6.28. The van der Waals surface area contributed by atoms with Gasteiger partial charge in [-0.15, -0.1) is 0 Å². The monoisotopic (exact) mass is 233 g/mol. The van der Waals surface area contributed by atoms with E-state index in [9.17, 15) is 4.79 Å². The van der Waals surface area contributed by atoms with Crippen LogP contribution in [-0.4, -0.2) is 22.9 Å². The zero-order valence-electron chi connectivity index (χ0n) is 11.1. The highest BCUT2D eigenvalue weighted by Crippen LogP contribution is 2.50. The van der Waals surface area contributed by atoms with Crippen LogP contribution in [0.15, 0.2) is 11.1 Å². The van der Waals surface area contributed by atoms with Gasteiger partial charge in [-0.2, -0.15) is 0 Å². The van der Waals surface area contributed by atoms with Crippen molar-refractivity contribution < 1.29 is 4.79 Å². The molecule has 2 nitrogen and oxygen atoms in total. The van der Waals surface area contributed by atoms with Gasteiger partial charge in [0.15, 0.2) is 0 Å². The highest BCUT2D eigenvalue weighted by atomic mass is 16.2. The zero-order valence-corrected chi connectivity index (χ0v) is 11.1. The van der Waals surface area contributed by atoms with Gasteiger partial charge in [-0.1, -0.05) is 11.1 Å². The van der Waals surface area contributed by atoms with Gasteiger partial charge in [0.05, 0.1) is 0 Å². The molecule has 2 heteroatoms. The molecule has 0 unspecified atom stereocenters. The Morgan fingerprint density at radius 1 is 1.24 bits per heavy atom. The lowest BCUT2D eigenvalue weighted by molar-refractivity contribution is -0.136. The smallest absolute Gasteiger partial charge is 0.223 e. The average Bonchev–Trinajstić information content (AvgIpc) is 2.65. The molecule has 2 atom stereocenters. The van der Waals surface area contributed by atoms with Gasteiger partial charge in [0.2, 0.25) is 5.91 Å². The number of nitrogens with zero attached hydrogens (tertiary/aromatic N) is 1. The van der Waals surface area contributed by atoms with Crippen LogP contribution in [0.25, 0.3) is 0 Å². The van der Waals surface area contributed by atoms with Crippen molar-refractivity contribution in [3.63, 3.8) is 0 Å². The Bertz CT molecular complexity index is 384. The van der Waals surface area contributed by atoms with Gasteiger partial charge < -0.3 is 4.90 Å². The predicted octanol–water partition coefficient (Wildman–Crippen LogP) is 3.28. The Balaban J connectivity index is 2.02. The molecule has 1 amide bonds. The maximum absolute atomic E-state index is 12.2. The number of carbonyl (C=O) groups excluding carboxylic acids is 1. The van der Waals surface area contributed by atoms with Crippen molar-refractivity contribution >= 4 is 5.91 Å². The van der Waals surface area contributed by atoms with E-state index in [-0.39, 0.29) is 5.54 Å². The minimum Gasteiger partial charge on any atom is -0.336 e. The van der Waals surface area contributed by atoms with Crippen LogP contribution in [0.5, 0.6) is 0 Å². The van der Waals surface area contributed by atoms with Gasteiger partial charge in [-0.25, -0.2) is 0 Å². The van der Waals surface area contributed by atoms with Crippen LogP contribution in [0.2, 0.25) is 0 Å². The van der Waals surface area contributed by atoms with Crippen molar-refractivity contribution in [1.29, 1.82) is 0 Å². The number of hydrogen-bond donors (Lipinski definition) is 0. The lowest BCUT2D eigenvalue weighted by Crippen LogP contribution is -2.52.